The van der Waals surface area contributed by atoms with E-state index in [1.807, 2.05) is 24.3 Å². The first kappa shape index (κ1) is 15.6. The van der Waals surface area contributed by atoms with Gasteiger partial charge in [0, 0.05) is 11.1 Å². The summed E-state index contributed by atoms with van der Waals surface area (Å²) in [7, 11) is 0. The molecule has 2 aliphatic rings. The van der Waals surface area contributed by atoms with E-state index in [1.165, 1.54) is 44.5 Å². The largest absolute Gasteiger partial charge is 0.289 e. The molecule has 0 atom stereocenters. The lowest BCUT2D eigenvalue weighted by Crippen LogP contribution is -2.08. The molecule has 1 nitrogen and oxygen atoms in total. The van der Waals surface area contributed by atoms with Gasteiger partial charge >= 0.3 is 0 Å². The molecule has 0 N–H and O–H groups in total. The fraction of sp³-hybridized carbons (Fsp3) is 0.0741. The Morgan fingerprint density at radius 2 is 0.929 bits per heavy atom. The molecule has 132 valence electrons. The minimum absolute atomic E-state index is 0.148. The van der Waals surface area contributed by atoms with Crippen molar-refractivity contribution in [1.29, 1.82) is 0 Å². The summed E-state index contributed by atoms with van der Waals surface area (Å²) in [6.45, 7) is 0. The molecule has 0 saturated heterocycles. The van der Waals surface area contributed by atoms with Crippen LogP contribution in [0.5, 0.6) is 0 Å². The molecule has 0 radical (unpaired) electrons. The van der Waals surface area contributed by atoms with Crippen LogP contribution in [0, 0.1) is 0 Å². The third-order valence-electron chi connectivity index (χ3n) is 6.19. The minimum Gasteiger partial charge on any atom is -0.289 e. The monoisotopic (exact) mass is 358 g/mol. The number of fused-ring (bicyclic) bond motifs is 6. The predicted octanol–water partition coefficient (Wildman–Crippen LogP) is 6.06. The van der Waals surface area contributed by atoms with Crippen LogP contribution in [-0.4, -0.2) is 5.78 Å². The highest BCUT2D eigenvalue weighted by molar-refractivity contribution is 6.13. The Bertz CT molecular complexity index is 1180. The van der Waals surface area contributed by atoms with Crippen LogP contribution in [0.15, 0.2) is 84.9 Å². The number of hydrogen-bond acceptors (Lipinski definition) is 1. The summed E-state index contributed by atoms with van der Waals surface area (Å²) >= 11 is 0. The van der Waals surface area contributed by atoms with Crippen molar-refractivity contribution in [2.75, 3.05) is 0 Å². The van der Waals surface area contributed by atoms with Gasteiger partial charge in [-0.2, -0.15) is 0 Å². The molecule has 0 unspecified atom stereocenters. The second kappa shape index (κ2) is 5.77. The molecule has 0 saturated carbocycles. The Hall–Kier alpha value is -3.45. The molecule has 2 aliphatic carbocycles. The standard InChI is InChI=1S/C27H18O/c28-27(23-13-5-11-21-19-9-3-1-7-17(19)15-25(21)23)24-14-6-12-22-20-10-4-2-8-18(20)16-26(22)24/h1-14H,15-16H2. The first-order chi connectivity index (χ1) is 13.8. The molecule has 6 rings (SSSR count). The third-order valence-corrected chi connectivity index (χ3v) is 6.19. The van der Waals surface area contributed by atoms with Crippen LogP contribution < -0.4 is 0 Å². The van der Waals surface area contributed by atoms with Crippen LogP contribution in [0.4, 0.5) is 0 Å². The van der Waals surface area contributed by atoms with Crippen molar-refractivity contribution in [3.05, 3.63) is 118 Å². The molecule has 0 bridgehead atoms. The van der Waals surface area contributed by atoms with Crippen LogP contribution in [0.2, 0.25) is 0 Å². The van der Waals surface area contributed by atoms with E-state index in [0.717, 1.165) is 24.0 Å². The zero-order valence-electron chi connectivity index (χ0n) is 15.4. The summed E-state index contributed by atoms with van der Waals surface area (Å²) in [5.74, 6) is 0.148. The molecule has 0 aliphatic heterocycles. The highest BCUT2D eigenvalue weighted by Gasteiger charge is 2.27. The summed E-state index contributed by atoms with van der Waals surface area (Å²) in [4.78, 5) is 13.7. The first-order valence-electron chi connectivity index (χ1n) is 9.76. The molecule has 0 fully saturated rings. The molecular formula is C27H18O. The fourth-order valence-electron chi connectivity index (χ4n) is 4.89. The van der Waals surface area contributed by atoms with Crippen LogP contribution in [-0.2, 0) is 12.8 Å². The Balaban J connectivity index is 1.49. The van der Waals surface area contributed by atoms with Gasteiger partial charge in [0.25, 0.3) is 0 Å². The molecule has 4 aromatic carbocycles. The fourth-order valence-corrected chi connectivity index (χ4v) is 4.89. The minimum atomic E-state index is 0.148. The zero-order valence-corrected chi connectivity index (χ0v) is 15.4. The molecular weight excluding hydrogens is 340 g/mol. The second-order valence-corrected chi connectivity index (χ2v) is 7.66. The van der Waals surface area contributed by atoms with Gasteiger partial charge in [0.15, 0.2) is 5.78 Å². The topological polar surface area (TPSA) is 17.1 Å². The van der Waals surface area contributed by atoms with Crippen molar-refractivity contribution in [2.45, 2.75) is 12.8 Å². The summed E-state index contributed by atoms with van der Waals surface area (Å²) in [6, 6.07) is 29.3. The van der Waals surface area contributed by atoms with E-state index in [-0.39, 0.29) is 5.78 Å². The van der Waals surface area contributed by atoms with Crippen molar-refractivity contribution in [2.24, 2.45) is 0 Å². The van der Waals surface area contributed by atoms with E-state index in [4.69, 9.17) is 0 Å². The summed E-state index contributed by atoms with van der Waals surface area (Å²) in [5.41, 5.74) is 11.6. The van der Waals surface area contributed by atoms with Gasteiger partial charge in [-0.3, -0.25) is 4.79 Å². The lowest BCUT2D eigenvalue weighted by atomic mass is 9.91. The third kappa shape index (κ3) is 2.10. The summed E-state index contributed by atoms with van der Waals surface area (Å²) in [6.07, 6.45) is 1.67. The van der Waals surface area contributed by atoms with Gasteiger partial charge in [-0.15, -0.1) is 0 Å². The van der Waals surface area contributed by atoms with E-state index < -0.39 is 0 Å². The molecule has 1 heteroatoms. The number of rotatable bonds is 2. The van der Waals surface area contributed by atoms with Crippen LogP contribution in [0.25, 0.3) is 22.3 Å². The molecule has 28 heavy (non-hydrogen) atoms. The van der Waals surface area contributed by atoms with E-state index in [9.17, 15) is 4.79 Å². The summed E-state index contributed by atoms with van der Waals surface area (Å²) in [5, 5.41) is 0. The quantitative estimate of drug-likeness (QED) is 0.344. The van der Waals surface area contributed by atoms with Crippen LogP contribution >= 0.6 is 0 Å². The number of ketones is 1. The Kier molecular flexibility index (Phi) is 3.21. The van der Waals surface area contributed by atoms with E-state index in [0.29, 0.717) is 0 Å². The van der Waals surface area contributed by atoms with Crippen molar-refractivity contribution >= 4 is 5.78 Å². The predicted molar refractivity (Wildman–Crippen MR) is 113 cm³/mol. The SMILES string of the molecule is O=C(c1cccc2c1Cc1ccccc1-2)c1cccc2c1Cc1ccccc1-2. The number of carbonyl (C=O) groups excluding carboxylic acids is 1. The van der Waals surface area contributed by atoms with Crippen LogP contribution in [0.1, 0.15) is 38.2 Å². The van der Waals surface area contributed by atoms with E-state index in [1.54, 1.807) is 0 Å². The lowest BCUT2D eigenvalue weighted by molar-refractivity contribution is 0.103. The first-order valence-corrected chi connectivity index (χ1v) is 9.76. The van der Waals surface area contributed by atoms with Gasteiger partial charge in [0.1, 0.15) is 0 Å². The Morgan fingerprint density at radius 1 is 0.500 bits per heavy atom. The highest BCUT2D eigenvalue weighted by Crippen LogP contribution is 2.41. The average Bonchev–Trinajstić information content (AvgIpc) is 3.31. The van der Waals surface area contributed by atoms with Gasteiger partial charge in [0.05, 0.1) is 0 Å². The molecule has 0 aromatic heterocycles. The maximum absolute atomic E-state index is 13.7. The van der Waals surface area contributed by atoms with Gasteiger partial charge in [-0.25, -0.2) is 0 Å². The molecule has 0 heterocycles. The molecule has 4 aromatic rings. The maximum atomic E-state index is 13.7. The van der Waals surface area contributed by atoms with Crippen molar-refractivity contribution in [3.63, 3.8) is 0 Å². The number of carbonyl (C=O) groups is 1. The number of hydrogen-bond donors (Lipinski definition) is 0. The lowest BCUT2D eigenvalue weighted by Gasteiger charge is -2.11. The van der Waals surface area contributed by atoms with Crippen molar-refractivity contribution < 1.29 is 4.79 Å². The van der Waals surface area contributed by atoms with Gasteiger partial charge < -0.3 is 0 Å². The molecule has 0 amide bonds. The van der Waals surface area contributed by atoms with Crippen molar-refractivity contribution in [3.8, 4) is 22.3 Å². The maximum Gasteiger partial charge on any atom is 0.193 e. The number of benzene rings is 4. The average molecular weight is 358 g/mol. The second-order valence-electron chi connectivity index (χ2n) is 7.66. The zero-order chi connectivity index (χ0) is 18.7. The Labute approximate surface area is 164 Å². The van der Waals surface area contributed by atoms with E-state index >= 15 is 0 Å². The van der Waals surface area contributed by atoms with Crippen molar-refractivity contribution in [1.82, 2.24) is 0 Å². The smallest absolute Gasteiger partial charge is 0.193 e. The highest BCUT2D eigenvalue weighted by atomic mass is 16.1. The normalized spacial score (nSPS) is 12.9. The van der Waals surface area contributed by atoms with Gasteiger partial charge in [0.2, 0.25) is 0 Å². The van der Waals surface area contributed by atoms with E-state index in [2.05, 4.69) is 60.7 Å². The Morgan fingerprint density at radius 3 is 1.43 bits per heavy atom. The van der Waals surface area contributed by atoms with Gasteiger partial charge in [-0.1, -0.05) is 84.9 Å². The molecule has 0 spiro atoms. The van der Waals surface area contributed by atoms with Crippen LogP contribution in [0.3, 0.4) is 0 Å². The van der Waals surface area contributed by atoms with Gasteiger partial charge in [-0.05, 0) is 57.3 Å². The summed E-state index contributed by atoms with van der Waals surface area (Å²) < 4.78 is 0.